The molecule has 4 heteroatoms. The maximum atomic E-state index is 7.74. The van der Waals surface area contributed by atoms with Crippen LogP contribution in [0.2, 0.25) is 0 Å². The number of nitrogens with one attached hydrogen (secondary N) is 1. The molecule has 3 nitrogen and oxygen atoms in total. The van der Waals surface area contributed by atoms with Crippen LogP contribution in [0.1, 0.15) is 32.3 Å². The van der Waals surface area contributed by atoms with Gasteiger partial charge >= 0.3 is 0 Å². The zero-order valence-electron chi connectivity index (χ0n) is 10.9. The van der Waals surface area contributed by atoms with Crippen molar-refractivity contribution in [2.45, 2.75) is 32.7 Å². The molecule has 1 aromatic carbocycles. The highest BCUT2D eigenvalue weighted by Crippen LogP contribution is 2.33. The van der Waals surface area contributed by atoms with Gasteiger partial charge in [-0.05, 0) is 37.0 Å². The number of nitrogens with zero attached hydrogens (tertiary/aromatic N) is 1. The van der Waals surface area contributed by atoms with Crippen LogP contribution in [0.4, 0.5) is 5.69 Å². The van der Waals surface area contributed by atoms with Crippen LogP contribution in [0.3, 0.4) is 0 Å². The van der Waals surface area contributed by atoms with Crippen LogP contribution in [0.5, 0.6) is 0 Å². The van der Waals surface area contributed by atoms with Gasteiger partial charge in [0, 0.05) is 28.3 Å². The van der Waals surface area contributed by atoms with Crippen molar-refractivity contribution in [3.8, 4) is 0 Å². The van der Waals surface area contributed by atoms with E-state index < -0.39 is 0 Å². The Morgan fingerprint density at radius 1 is 1.50 bits per heavy atom. The van der Waals surface area contributed by atoms with Gasteiger partial charge in [-0.3, -0.25) is 5.41 Å². The van der Waals surface area contributed by atoms with Crippen LogP contribution in [0.15, 0.2) is 22.7 Å². The summed E-state index contributed by atoms with van der Waals surface area (Å²) in [7, 11) is 0. The van der Waals surface area contributed by atoms with E-state index in [1.165, 1.54) is 12.8 Å². The summed E-state index contributed by atoms with van der Waals surface area (Å²) in [5.74, 6) is 0.761. The highest BCUT2D eigenvalue weighted by atomic mass is 79.9. The zero-order valence-corrected chi connectivity index (χ0v) is 12.5. The molecule has 0 bridgehead atoms. The summed E-state index contributed by atoms with van der Waals surface area (Å²) in [6.45, 7) is 5.58. The highest BCUT2D eigenvalue weighted by molar-refractivity contribution is 9.10. The van der Waals surface area contributed by atoms with Gasteiger partial charge in [-0.25, -0.2) is 0 Å². The number of benzene rings is 1. The molecular formula is C14H20BrN3. The van der Waals surface area contributed by atoms with Gasteiger partial charge in [0.1, 0.15) is 5.84 Å². The number of amidine groups is 1. The molecule has 1 aliphatic rings. The van der Waals surface area contributed by atoms with Gasteiger partial charge < -0.3 is 10.6 Å². The molecule has 1 atom stereocenters. The molecule has 0 radical (unpaired) electrons. The molecular weight excluding hydrogens is 290 g/mol. The molecule has 1 unspecified atom stereocenters. The van der Waals surface area contributed by atoms with Crippen LogP contribution < -0.4 is 10.6 Å². The summed E-state index contributed by atoms with van der Waals surface area (Å²) >= 11 is 3.45. The van der Waals surface area contributed by atoms with Crippen molar-refractivity contribution in [3.63, 3.8) is 0 Å². The summed E-state index contributed by atoms with van der Waals surface area (Å²) in [6, 6.07) is 6.59. The molecule has 0 aromatic heterocycles. The Morgan fingerprint density at radius 2 is 2.22 bits per heavy atom. The summed E-state index contributed by atoms with van der Waals surface area (Å²) in [5.41, 5.74) is 7.64. The normalized spacial score (nSPS) is 19.6. The molecule has 18 heavy (non-hydrogen) atoms. The Hall–Kier alpha value is -1.03. The predicted molar refractivity (Wildman–Crippen MR) is 80.4 cm³/mol. The second-order valence-electron chi connectivity index (χ2n) is 5.22. The first-order valence-electron chi connectivity index (χ1n) is 6.41. The Kier molecular flexibility index (Phi) is 3.95. The van der Waals surface area contributed by atoms with Gasteiger partial charge in [0.25, 0.3) is 0 Å². The molecule has 0 saturated carbocycles. The lowest BCUT2D eigenvalue weighted by molar-refractivity contribution is 0.492. The van der Waals surface area contributed by atoms with Gasteiger partial charge in [-0.2, -0.15) is 0 Å². The molecule has 0 aliphatic carbocycles. The van der Waals surface area contributed by atoms with Crippen LogP contribution in [-0.2, 0) is 0 Å². The molecule has 98 valence electrons. The Balaban J connectivity index is 2.41. The van der Waals surface area contributed by atoms with Crippen LogP contribution in [-0.4, -0.2) is 18.4 Å². The average molecular weight is 310 g/mol. The van der Waals surface area contributed by atoms with Crippen molar-refractivity contribution < 1.29 is 0 Å². The third kappa shape index (κ3) is 2.53. The van der Waals surface area contributed by atoms with Crippen LogP contribution >= 0.6 is 15.9 Å². The summed E-state index contributed by atoms with van der Waals surface area (Å²) in [5, 5.41) is 7.74. The first-order chi connectivity index (χ1) is 8.50. The average Bonchev–Trinajstić information content (AvgIpc) is 2.77. The summed E-state index contributed by atoms with van der Waals surface area (Å²) in [6.07, 6.45) is 2.45. The minimum atomic E-state index is 0.140. The summed E-state index contributed by atoms with van der Waals surface area (Å²) < 4.78 is 0.969. The van der Waals surface area contributed by atoms with Gasteiger partial charge in [0.05, 0.1) is 0 Å². The van der Waals surface area contributed by atoms with Crippen molar-refractivity contribution in [2.75, 3.05) is 11.4 Å². The smallest absolute Gasteiger partial charge is 0.124 e. The fraction of sp³-hybridized carbons (Fsp3) is 0.500. The first kappa shape index (κ1) is 13.4. The molecule has 1 saturated heterocycles. The lowest BCUT2D eigenvalue weighted by Crippen LogP contribution is -2.34. The molecule has 0 spiro atoms. The third-order valence-electron chi connectivity index (χ3n) is 3.63. The highest BCUT2D eigenvalue weighted by Gasteiger charge is 2.28. The van der Waals surface area contributed by atoms with Crippen LogP contribution in [0.25, 0.3) is 0 Å². The molecule has 0 amide bonds. The molecule has 3 N–H and O–H groups in total. The van der Waals surface area contributed by atoms with E-state index in [1.807, 2.05) is 12.1 Å². The largest absolute Gasteiger partial charge is 0.384 e. The fourth-order valence-corrected chi connectivity index (χ4v) is 3.12. The zero-order chi connectivity index (χ0) is 13.3. The number of hydrogen-bond donors (Lipinski definition) is 2. The standard InChI is InChI=1S/C14H20BrN3/c1-9(2)12-4-3-7-18(12)13-6-5-10(15)8-11(13)14(16)17/h5-6,8-9,12H,3-4,7H2,1-2H3,(H3,16,17). The van der Waals surface area contributed by atoms with Gasteiger partial charge in [0.15, 0.2) is 0 Å². The lowest BCUT2D eigenvalue weighted by atomic mass is 10.0. The predicted octanol–water partition coefficient (Wildman–Crippen LogP) is 3.36. The number of halogens is 1. The van der Waals surface area contributed by atoms with E-state index in [4.69, 9.17) is 11.1 Å². The van der Waals surface area contributed by atoms with Crippen molar-refractivity contribution >= 4 is 27.5 Å². The molecule has 1 aliphatic heterocycles. The van der Waals surface area contributed by atoms with Gasteiger partial charge in [-0.1, -0.05) is 29.8 Å². The van der Waals surface area contributed by atoms with Crippen molar-refractivity contribution in [2.24, 2.45) is 11.7 Å². The van der Waals surface area contributed by atoms with Crippen molar-refractivity contribution in [1.82, 2.24) is 0 Å². The molecule has 2 rings (SSSR count). The molecule has 1 aromatic rings. The quantitative estimate of drug-likeness (QED) is 0.664. The van der Waals surface area contributed by atoms with Gasteiger partial charge in [-0.15, -0.1) is 0 Å². The minimum Gasteiger partial charge on any atom is -0.384 e. The number of nitrogen functional groups attached to an aromatic ring is 1. The van der Waals surface area contributed by atoms with Crippen molar-refractivity contribution in [1.29, 1.82) is 5.41 Å². The van der Waals surface area contributed by atoms with E-state index in [1.54, 1.807) is 0 Å². The second kappa shape index (κ2) is 5.31. The summed E-state index contributed by atoms with van der Waals surface area (Å²) in [4.78, 5) is 2.41. The minimum absolute atomic E-state index is 0.140. The Morgan fingerprint density at radius 3 is 2.83 bits per heavy atom. The third-order valence-corrected chi connectivity index (χ3v) is 4.12. The monoisotopic (exact) mass is 309 g/mol. The molecule has 1 fully saturated rings. The molecule has 1 heterocycles. The number of rotatable bonds is 3. The maximum absolute atomic E-state index is 7.74. The SMILES string of the molecule is CC(C)C1CCCN1c1ccc(Br)cc1C(=N)N. The fourth-order valence-electron chi connectivity index (χ4n) is 2.76. The van der Waals surface area contributed by atoms with E-state index in [9.17, 15) is 0 Å². The Labute approximate surface area is 117 Å². The first-order valence-corrected chi connectivity index (χ1v) is 7.20. The number of hydrogen-bond acceptors (Lipinski definition) is 2. The Bertz CT molecular complexity index is 456. The van der Waals surface area contributed by atoms with E-state index in [0.717, 1.165) is 22.3 Å². The van der Waals surface area contributed by atoms with Crippen molar-refractivity contribution in [3.05, 3.63) is 28.2 Å². The van der Waals surface area contributed by atoms with E-state index in [-0.39, 0.29) is 5.84 Å². The number of anilines is 1. The maximum Gasteiger partial charge on any atom is 0.124 e. The number of nitrogens with two attached hydrogens (primary N) is 1. The topological polar surface area (TPSA) is 53.1 Å². The van der Waals surface area contributed by atoms with E-state index >= 15 is 0 Å². The van der Waals surface area contributed by atoms with Gasteiger partial charge in [0.2, 0.25) is 0 Å². The van der Waals surface area contributed by atoms with E-state index in [0.29, 0.717) is 12.0 Å². The second-order valence-corrected chi connectivity index (χ2v) is 6.14. The lowest BCUT2D eigenvalue weighted by Gasteiger charge is -2.31. The van der Waals surface area contributed by atoms with Crippen LogP contribution in [0, 0.1) is 11.3 Å². The van der Waals surface area contributed by atoms with E-state index in [2.05, 4.69) is 40.7 Å².